The van der Waals surface area contributed by atoms with Crippen LogP contribution in [0, 0.1) is 0 Å². The number of aliphatic hydroxyl groups excluding tert-OH is 2. The van der Waals surface area contributed by atoms with Crippen LogP contribution in [0.5, 0.6) is 0 Å². The zero-order valence-electron chi connectivity index (χ0n) is 23.5. The maximum atomic E-state index is 13.4. The van der Waals surface area contributed by atoms with E-state index in [4.69, 9.17) is 4.43 Å². The quantitative estimate of drug-likeness (QED) is 0.141. The van der Waals surface area contributed by atoms with Crippen molar-refractivity contribution in [3.8, 4) is 0 Å². The number of carbonyl (C=O) groups is 2. The molecule has 0 spiro atoms. The van der Waals surface area contributed by atoms with Gasteiger partial charge in [-0.05, 0) is 39.0 Å². The molecule has 7 rings (SSSR count). The van der Waals surface area contributed by atoms with Gasteiger partial charge in [-0.1, -0.05) is 54.9 Å². The molecule has 4 N–H and O–H groups in total. The van der Waals surface area contributed by atoms with E-state index >= 15 is 0 Å². The number of amides is 2. The van der Waals surface area contributed by atoms with Crippen LogP contribution in [0.3, 0.4) is 0 Å². The van der Waals surface area contributed by atoms with E-state index in [0.717, 1.165) is 31.8 Å². The van der Waals surface area contributed by atoms with Crippen molar-refractivity contribution in [3.63, 3.8) is 0 Å². The van der Waals surface area contributed by atoms with Crippen LogP contribution in [0.4, 0.5) is 0 Å². The molecular formula is C31H32BrN3O5Si-. The third-order valence-corrected chi connectivity index (χ3v) is 14.5. The number of nitrogens with zero attached hydrogens (tertiary/aromatic N) is 1. The lowest BCUT2D eigenvalue weighted by Gasteiger charge is -2.50. The predicted octanol–water partition coefficient (Wildman–Crippen LogP) is 6.13. The fraction of sp³-hybridized carbons (Fsp3) is 0.355. The molecule has 1 aliphatic carbocycles. The van der Waals surface area contributed by atoms with Gasteiger partial charge < -0.3 is 24.2 Å². The van der Waals surface area contributed by atoms with Crippen molar-refractivity contribution in [2.45, 2.75) is 69.7 Å². The fourth-order valence-electron chi connectivity index (χ4n) is 6.54. The smallest absolute Gasteiger partial charge is 0.259 e. The Hall–Kier alpha value is -3.02. The largest absolute Gasteiger partial charge is 0.560 e. The van der Waals surface area contributed by atoms with Crippen molar-refractivity contribution in [3.05, 3.63) is 58.1 Å². The third-order valence-electron chi connectivity index (χ3n) is 9.52. The topological polar surface area (TPSA) is 117 Å². The summed E-state index contributed by atoms with van der Waals surface area (Å²) < 4.78 is 9.55. The number of H-pyrrole nitrogens is 1. The first kappa shape index (κ1) is 26.8. The van der Waals surface area contributed by atoms with E-state index in [1.165, 1.54) is 0 Å². The molecule has 0 saturated heterocycles. The molecule has 5 aromatic rings. The lowest BCUT2D eigenvalue weighted by Crippen LogP contribution is -2.46. The summed E-state index contributed by atoms with van der Waals surface area (Å²) in [5.41, 5.74) is 3.78. The standard InChI is InChI=1S/C31H32BrN3O5Si/c1-31(2,3)41(4,5)40-20-13-19(27(36)28(20)37)35-18-9-7-6-8-15(18)22-24-23(29(38)34-30(24)39)21-16-12-14(32)10-11-17(16)33-25(21)26(22)35/h6-12,19-20,27-28,33,36-37H,13H2,1-5H3,(H,34,38,39)/q-1/t19?,20-,27-,28+/m0/s1. The van der Waals surface area contributed by atoms with Crippen molar-refractivity contribution >= 4 is 79.7 Å². The molecular weight excluding hydrogens is 602 g/mol. The maximum absolute atomic E-state index is 13.4. The molecule has 1 saturated carbocycles. The first-order valence-electron chi connectivity index (χ1n) is 13.9. The van der Waals surface area contributed by atoms with Gasteiger partial charge in [0.25, 0.3) is 11.8 Å². The second kappa shape index (κ2) is 8.75. The maximum Gasteiger partial charge on any atom is 0.259 e. The van der Waals surface area contributed by atoms with E-state index in [9.17, 15) is 19.8 Å². The van der Waals surface area contributed by atoms with E-state index in [1.54, 1.807) is 0 Å². The highest BCUT2D eigenvalue weighted by atomic mass is 79.9. The second-order valence-electron chi connectivity index (χ2n) is 12.9. The lowest BCUT2D eigenvalue weighted by atomic mass is 9.96. The Morgan fingerprint density at radius 1 is 0.976 bits per heavy atom. The molecule has 3 heterocycles. The van der Waals surface area contributed by atoms with Crippen LogP contribution in [0.1, 0.15) is 53.9 Å². The molecule has 1 aliphatic heterocycles. The van der Waals surface area contributed by atoms with Gasteiger partial charge in [0, 0.05) is 43.2 Å². The summed E-state index contributed by atoms with van der Waals surface area (Å²) >= 11 is 3.56. The second-order valence-corrected chi connectivity index (χ2v) is 18.6. The first-order chi connectivity index (χ1) is 19.3. The number of carbonyl (C=O) groups excluding carboxylic acids is 2. The number of para-hydroxylation sites is 1. The number of imide groups is 1. The normalized spacial score (nSPS) is 23.4. The Morgan fingerprint density at radius 3 is 2.37 bits per heavy atom. The number of fused-ring (bicyclic) bond motifs is 10. The average Bonchev–Trinajstić information content (AvgIpc) is 3.59. The Morgan fingerprint density at radius 2 is 1.66 bits per heavy atom. The summed E-state index contributed by atoms with van der Waals surface area (Å²) in [4.78, 5) is 30.2. The Labute approximate surface area is 245 Å². The predicted molar refractivity (Wildman–Crippen MR) is 166 cm³/mol. The summed E-state index contributed by atoms with van der Waals surface area (Å²) in [6.45, 7) is 10.7. The number of rotatable bonds is 3. The highest BCUT2D eigenvalue weighted by Crippen LogP contribution is 2.48. The van der Waals surface area contributed by atoms with Crippen LogP contribution in [-0.4, -0.2) is 58.2 Å². The highest BCUT2D eigenvalue weighted by molar-refractivity contribution is 9.10. The molecule has 2 amide bonds. The van der Waals surface area contributed by atoms with Gasteiger partial charge in [0.2, 0.25) is 0 Å². The van der Waals surface area contributed by atoms with Gasteiger partial charge >= 0.3 is 0 Å². The van der Waals surface area contributed by atoms with Crippen LogP contribution in [0.25, 0.3) is 43.6 Å². The van der Waals surface area contributed by atoms with Crippen LogP contribution in [-0.2, 0) is 4.43 Å². The molecule has 8 nitrogen and oxygen atoms in total. The van der Waals surface area contributed by atoms with Crippen molar-refractivity contribution in [2.75, 3.05) is 0 Å². The van der Waals surface area contributed by atoms with E-state index in [1.807, 2.05) is 42.5 Å². The molecule has 2 aliphatic rings. The van der Waals surface area contributed by atoms with Gasteiger partial charge in [-0.2, -0.15) is 0 Å². The molecule has 2 aromatic heterocycles. The SMILES string of the molecule is CC(C)(C)[Si-](C)(C)O[C@H]1CC(n2c3ccccc3c3c4c(c5c6cc(Br)ccc6[nH]c5c32)C(=O)NC4=O)[C@H](O)[C@@H]1O. The van der Waals surface area contributed by atoms with Gasteiger partial charge in [-0.25, -0.2) is 0 Å². The third kappa shape index (κ3) is 3.67. The van der Waals surface area contributed by atoms with E-state index in [-0.39, 0.29) is 5.04 Å². The zero-order chi connectivity index (χ0) is 29.2. The molecule has 10 heteroatoms. The van der Waals surface area contributed by atoms with Gasteiger partial charge in [-0.3, -0.25) is 14.9 Å². The van der Waals surface area contributed by atoms with Gasteiger partial charge in [-0.15, -0.1) is 18.1 Å². The van der Waals surface area contributed by atoms with Crippen molar-refractivity contribution < 1.29 is 24.2 Å². The number of aromatic nitrogens is 2. The molecule has 0 radical (unpaired) electrons. The summed E-state index contributed by atoms with van der Waals surface area (Å²) in [7, 11) is -2.25. The minimum absolute atomic E-state index is 0.0617. The van der Waals surface area contributed by atoms with Gasteiger partial charge in [0.1, 0.15) is 12.2 Å². The average molecular weight is 635 g/mol. The number of hydrogen-bond acceptors (Lipinski definition) is 5. The Kier molecular flexibility index (Phi) is 5.73. The van der Waals surface area contributed by atoms with Crippen LogP contribution >= 0.6 is 15.9 Å². The Bertz CT molecular complexity index is 1950. The molecule has 213 valence electrons. The van der Waals surface area contributed by atoms with Gasteiger partial charge in [0.15, 0.2) is 0 Å². The van der Waals surface area contributed by atoms with E-state index in [0.29, 0.717) is 33.8 Å². The van der Waals surface area contributed by atoms with E-state index in [2.05, 4.69) is 64.7 Å². The Balaban J connectivity index is 1.56. The van der Waals surface area contributed by atoms with Crippen molar-refractivity contribution in [1.29, 1.82) is 0 Å². The summed E-state index contributed by atoms with van der Waals surface area (Å²) in [6.07, 6.45) is -2.31. The number of nitrogens with one attached hydrogen (secondary N) is 2. The molecule has 4 atom stereocenters. The summed E-state index contributed by atoms with van der Waals surface area (Å²) in [5.74, 6) is -0.857. The summed E-state index contributed by atoms with van der Waals surface area (Å²) in [5, 5.41) is 28.3. The lowest BCUT2D eigenvalue weighted by molar-refractivity contribution is -0.0199. The van der Waals surface area contributed by atoms with Crippen molar-refractivity contribution in [2.24, 2.45) is 0 Å². The highest BCUT2D eigenvalue weighted by Gasteiger charge is 2.46. The minimum Gasteiger partial charge on any atom is -0.560 e. The van der Waals surface area contributed by atoms with E-state index < -0.39 is 44.5 Å². The summed E-state index contributed by atoms with van der Waals surface area (Å²) in [6, 6.07) is 13.0. The number of hydrogen-bond donors (Lipinski definition) is 4. The number of halogens is 1. The number of benzene rings is 3. The molecule has 3 aromatic carbocycles. The number of aliphatic hydroxyl groups is 2. The molecule has 0 bridgehead atoms. The first-order valence-corrected chi connectivity index (χ1v) is 17.6. The minimum atomic E-state index is -2.25. The molecule has 1 fully saturated rings. The zero-order valence-corrected chi connectivity index (χ0v) is 26.1. The fourth-order valence-corrected chi connectivity index (χ4v) is 8.24. The number of aromatic amines is 1. The van der Waals surface area contributed by atoms with Crippen LogP contribution < -0.4 is 5.32 Å². The van der Waals surface area contributed by atoms with Crippen molar-refractivity contribution in [1.82, 2.24) is 14.9 Å². The monoisotopic (exact) mass is 633 g/mol. The van der Waals surface area contributed by atoms with Crippen LogP contribution in [0.15, 0.2) is 46.9 Å². The molecule has 1 unspecified atom stereocenters. The molecule has 41 heavy (non-hydrogen) atoms. The van der Waals surface area contributed by atoms with Gasteiger partial charge in [0.05, 0.1) is 28.2 Å². The van der Waals surface area contributed by atoms with Crippen LogP contribution in [0.2, 0.25) is 18.1 Å².